The summed E-state index contributed by atoms with van der Waals surface area (Å²) in [6.07, 6.45) is 6.16. The number of thioether (sulfide) groups is 1. The van der Waals surface area contributed by atoms with Gasteiger partial charge in [0.1, 0.15) is 0 Å². The highest BCUT2D eigenvalue weighted by molar-refractivity contribution is 7.99. The molecule has 1 saturated heterocycles. The first-order valence-electron chi connectivity index (χ1n) is 4.71. The van der Waals surface area contributed by atoms with Crippen molar-refractivity contribution in [3.63, 3.8) is 0 Å². The van der Waals surface area contributed by atoms with Crippen LogP contribution in [0, 0.1) is 5.92 Å². The molecule has 1 nitrogen and oxygen atoms in total. The number of rotatable bonds is 5. The van der Waals surface area contributed by atoms with Crippen molar-refractivity contribution in [2.75, 3.05) is 11.5 Å². The second-order valence-electron chi connectivity index (χ2n) is 3.41. The zero-order valence-electron chi connectivity index (χ0n) is 7.54. The Morgan fingerprint density at radius 3 is 3.08 bits per heavy atom. The van der Waals surface area contributed by atoms with Crippen LogP contribution < -0.4 is 0 Å². The molecular formula is C10H18OS. The van der Waals surface area contributed by atoms with Crippen molar-refractivity contribution < 1.29 is 5.11 Å². The molecule has 1 aliphatic heterocycles. The van der Waals surface area contributed by atoms with Gasteiger partial charge in [-0.05, 0) is 43.1 Å². The molecular weight excluding hydrogens is 168 g/mol. The van der Waals surface area contributed by atoms with Crippen LogP contribution in [0.2, 0.25) is 0 Å². The lowest BCUT2D eigenvalue weighted by molar-refractivity contribution is 0.109. The van der Waals surface area contributed by atoms with E-state index in [-0.39, 0.29) is 6.10 Å². The van der Waals surface area contributed by atoms with Gasteiger partial charge in [-0.25, -0.2) is 0 Å². The average Bonchev–Trinajstić information content (AvgIpc) is 2.56. The van der Waals surface area contributed by atoms with Crippen molar-refractivity contribution in [2.45, 2.75) is 31.8 Å². The fourth-order valence-corrected chi connectivity index (χ4v) is 2.89. The lowest BCUT2D eigenvalue weighted by Gasteiger charge is -2.15. The van der Waals surface area contributed by atoms with Crippen molar-refractivity contribution in [1.29, 1.82) is 0 Å². The zero-order chi connectivity index (χ0) is 8.81. The first kappa shape index (κ1) is 10.1. The summed E-state index contributed by atoms with van der Waals surface area (Å²) in [4.78, 5) is 0. The van der Waals surface area contributed by atoms with E-state index in [4.69, 9.17) is 0 Å². The molecule has 1 fully saturated rings. The highest BCUT2D eigenvalue weighted by Gasteiger charge is 2.22. The molecule has 12 heavy (non-hydrogen) atoms. The highest BCUT2D eigenvalue weighted by atomic mass is 32.2. The summed E-state index contributed by atoms with van der Waals surface area (Å²) >= 11 is 1.97. The van der Waals surface area contributed by atoms with E-state index in [0.29, 0.717) is 5.92 Å². The van der Waals surface area contributed by atoms with Gasteiger partial charge in [-0.2, -0.15) is 11.8 Å². The summed E-state index contributed by atoms with van der Waals surface area (Å²) in [7, 11) is 0. The van der Waals surface area contributed by atoms with Crippen LogP contribution in [0.4, 0.5) is 0 Å². The number of hydrogen-bond acceptors (Lipinski definition) is 2. The van der Waals surface area contributed by atoms with Crippen LogP contribution in [0.1, 0.15) is 25.7 Å². The smallest absolute Gasteiger partial charge is 0.0576 e. The van der Waals surface area contributed by atoms with Gasteiger partial charge in [-0.3, -0.25) is 0 Å². The Balaban J connectivity index is 2.09. The molecule has 0 saturated carbocycles. The van der Waals surface area contributed by atoms with Gasteiger partial charge in [-0.1, -0.05) is 6.08 Å². The van der Waals surface area contributed by atoms with Crippen molar-refractivity contribution in [3.05, 3.63) is 12.7 Å². The van der Waals surface area contributed by atoms with Gasteiger partial charge in [-0.15, -0.1) is 6.58 Å². The Morgan fingerprint density at radius 1 is 1.67 bits per heavy atom. The van der Waals surface area contributed by atoms with Crippen LogP contribution in [0.3, 0.4) is 0 Å². The molecule has 0 aromatic heterocycles. The van der Waals surface area contributed by atoms with Gasteiger partial charge in [0.15, 0.2) is 0 Å². The minimum atomic E-state index is -0.0556. The van der Waals surface area contributed by atoms with E-state index in [9.17, 15) is 5.11 Å². The van der Waals surface area contributed by atoms with Gasteiger partial charge < -0.3 is 5.11 Å². The highest BCUT2D eigenvalue weighted by Crippen LogP contribution is 2.28. The normalized spacial score (nSPS) is 25.6. The van der Waals surface area contributed by atoms with Gasteiger partial charge in [0.2, 0.25) is 0 Å². The predicted molar refractivity (Wildman–Crippen MR) is 55.5 cm³/mol. The quantitative estimate of drug-likeness (QED) is 0.526. The van der Waals surface area contributed by atoms with Crippen molar-refractivity contribution in [1.82, 2.24) is 0 Å². The molecule has 2 heteroatoms. The van der Waals surface area contributed by atoms with Crippen LogP contribution in [0.15, 0.2) is 12.7 Å². The SMILES string of the molecule is C=CCCCC(O)C1CCSC1. The van der Waals surface area contributed by atoms with Crippen molar-refractivity contribution in [2.24, 2.45) is 5.92 Å². The average molecular weight is 186 g/mol. The van der Waals surface area contributed by atoms with Crippen LogP contribution in [0.5, 0.6) is 0 Å². The molecule has 2 unspecified atom stereocenters. The van der Waals surface area contributed by atoms with Crippen LogP contribution >= 0.6 is 11.8 Å². The molecule has 2 atom stereocenters. The van der Waals surface area contributed by atoms with E-state index in [1.807, 2.05) is 17.8 Å². The van der Waals surface area contributed by atoms with Crippen LogP contribution in [-0.4, -0.2) is 22.7 Å². The molecule has 0 amide bonds. The maximum absolute atomic E-state index is 9.73. The maximum Gasteiger partial charge on any atom is 0.0576 e. The van der Waals surface area contributed by atoms with Crippen LogP contribution in [0.25, 0.3) is 0 Å². The van der Waals surface area contributed by atoms with Gasteiger partial charge in [0.25, 0.3) is 0 Å². The molecule has 1 aliphatic rings. The number of allylic oxidation sites excluding steroid dienone is 1. The minimum absolute atomic E-state index is 0.0556. The number of aliphatic hydroxyl groups excluding tert-OH is 1. The van der Waals surface area contributed by atoms with Crippen LogP contribution in [-0.2, 0) is 0 Å². The molecule has 0 aromatic carbocycles. The molecule has 70 valence electrons. The summed E-state index contributed by atoms with van der Waals surface area (Å²) < 4.78 is 0. The Kier molecular flexibility index (Phi) is 4.77. The molecule has 0 aromatic rings. The van der Waals surface area contributed by atoms with Crippen molar-refractivity contribution >= 4 is 11.8 Å². The summed E-state index contributed by atoms with van der Waals surface area (Å²) in [5.41, 5.74) is 0. The molecule has 0 bridgehead atoms. The molecule has 1 heterocycles. The van der Waals surface area contributed by atoms with Gasteiger partial charge >= 0.3 is 0 Å². The van der Waals surface area contributed by atoms with E-state index in [2.05, 4.69) is 6.58 Å². The number of unbranched alkanes of at least 4 members (excludes halogenated alkanes) is 1. The van der Waals surface area contributed by atoms with E-state index >= 15 is 0 Å². The third kappa shape index (κ3) is 3.20. The Bertz CT molecular complexity index is 130. The topological polar surface area (TPSA) is 20.2 Å². The third-order valence-electron chi connectivity index (χ3n) is 2.42. The minimum Gasteiger partial charge on any atom is -0.393 e. The maximum atomic E-state index is 9.73. The Hall–Kier alpha value is 0.0500. The number of aliphatic hydroxyl groups is 1. The molecule has 1 N–H and O–H groups in total. The van der Waals surface area contributed by atoms with E-state index in [1.165, 1.54) is 12.2 Å². The lowest BCUT2D eigenvalue weighted by Crippen LogP contribution is -2.19. The second-order valence-corrected chi connectivity index (χ2v) is 4.56. The molecule has 0 aliphatic carbocycles. The zero-order valence-corrected chi connectivity index (χ0v) is 8.35. The fraction of sp³-hybridized carbons (Fsp3) is 0.800. The van der Waals surface area contributed by atoms with Gasteiger partial charge in [0.05, 0.1) is 6.10 Å². The third-order valence-corrected chi connectivity index (χ3v) is 3.61. The predicted octanol–water partition coefficient (Wildman–Crippen LogP) is 2.46. The molecule has 0 radical (unpaired) electrons. The second kappa shape index (κ2) is 5.65. The van der Waals surface area contributed by atoms with Crippen molar-refractivity contribution in [3.8, 4) is 0 Å². The molecule has 1 rings (SSSR count). The number of hydrogen-bond donors (Lipinski definition) is 1. The van der Waals surface area contributed by atoms with E-state index < -0.39 is 0 Å². The van der Waals surface area contributed by atoms with Gasteiger partial charge in [0, 0.05) is 0 Å². The monoisotopic (exact) mass is 186 g/mol. The first-order valence-corrected chi connectivity index (χ1v) is 5.86. The molecule has 0 spiro atoms. The Morgan fingerprint density at radius 2 is 2.50 bits per heavy atom. The first-order chi connectivity index (χ1) is 5.84. The summed E-state index contributed by atoms with van der Waals surface area (Å²) in [6.45, 7) is 3.67. The summed E-state index contributed by atoms with van der Waals surface area (Å²) in [5, 5.41) is 9.73. The standard InChI is InChI=1S/C10H18OS/c1-2-3-4-5-10(11)9-6-7-12-8-9/h2,9-11H,1,3-8H2. The largest absolute Gasteiger partial charge is 0.393 e. The lowest BCUT2D eigenvalue weighted by atomic mass is 9.97. The van der Waals surface area contributed by atoms with E-state index in [0.717, 1.165) is 25.0 Å². The summed E-state index contributed by atoms with van der Waals surface area (Å²) in [5.74, 6) is 2.97. The fourth-order valence-electron chi connectivity index (χ4n) is 1.56. The Labute approximate surface area is 79.2 Å². The summed E-state index contributed by atoms with van der Waals surface area (Å²) in [6, 6.07) is 0. The van der Waals surface area contributed by atoms with E-state index in [1.54, 1.807) is 0 Å².